The van der Waals surface area contributed by atoms with Gasteiger partial charge in [0.2, 0.25) is 0 Å². The smallest absolute Gasteiger partial charge is 0.355 e. The second kappa shape index (κ2) is 7.26. The van der Waals surface area contributed by atoms with Crippen LogP contribution in [0.15, 0.2) is 23.4 Å². The zero-order valence-corrected chi connectivity index (χ0v) is 15.0. The largest absolute Gasteiger partial charge is 0.466 e. The standard InChI is InChI=1S/C15H15FINO5/c1-8-4-10(16)13(11(17)5-8)18-7-23-6-9(14(19)21-2)12(18)15(20)22-3/h4-5H,6-7H2,1-3H3. The average Bonchev–Trinajstić information content (AvgIpc) is 2.52. The van der Waals surface area contributed by atoms with Crippen LogP contribution >= 0.6 is 22.6 Å². The third kappa shape index (κ3) is 3.47. The van der Waals surface area contributed by atoms with Crippen molar-refractivity contribution in [3.63, 3.8) is 0 Å². The first-order valence-electron chi connectivity index (χ1n) is 6.61. The predicted molar refractivity (Wildman–Crippen MR) is 88.2 cm³/mol. The molecule has 0 unspecified atom stereocenters. The number of anilines is 1. The highest BCUT2D eigenvalue weighted by Crippen LogP contribution is 2.33. The van der Waals surface area contributed by atoms with Crippen LogP contribution in [0.3, 0.4) is 0 Å². The fourth-order valence-electron chi connectivity index (χ4n) is 2.27. The van der Waals surface area contributed by atoms with Gasteiger partial charge in [-0.15, -0.1) is 0 Å². The third-order valence-corrected chi connectivity index (χ3v) is 4.09. The van der Waals surface area contributed by atoms with Crippen molar-refractivity contribution in [1.29, 1.82) is 0 Å². The SMILES string of the molecule is COC(=O)C1=C(C(=O)OC)N(c2c(F)cc(C)cc2I)COC1. The number of ether oxygens (including phenoxy) is 3. The van der Waals surface area contributed by atoms with E-state index in [1.165, 1.54) is 25.2 Å². The Morgan fingerprint density at radius 2 is 1.91 bits per heavy atom. The number of esters is 2. The number of carbonyl (C=O) groups excluding carboxylic acids is 2. The summed E-state index contributed by atoms with van der Waals surface area (Å²) >= 11 is 1.97. The van der Waals surface area contributed by atoms with Crippen LogP contribution in [-0.2, 0) is 23.8 Å². The number of aryl methyl sites for hydroxylation is 1. The van der Waals surface area contributed by atoms with Crippen molar-refractivity contribution in [3.05, 3.63) is 38.4 Å². The molecule has 1 aliphatic heterocycles. The molecule has 0 spiro atoms. The van der Waals surface area contributed by atoms with E-state index in [0.717, 1.165) is 5.56 Å². The Morgan fingerprint density at radius 3 is 2.48 bits per heavy atom. The lowest BCUT2D eigenvalue weighted by Crippen LogP contribution is -2.39. The topological polar surface area (TPSA) is 65.1 Å². The fourth-order valence-corrected chi connectivity index (χ4v) is 3.31. The molecule has 124 valence electrons. The Hall–Kier alpha value is -1.68. The van der Waals surface area contributed by atoms with Gasteiger partial charge in [0.25, 0.3) is 0 Å². The molecule has 0 amide bonds. The second-order valence-corrected chi connectivity index (χ2v) is 5.96. The molecular weight excluding hydrogens is 420 g/mol. The summed E-state index contributed by atoms with van der Waals surface area (Å²) in [5.41, 5.74) is 0.802. The minimum Gasteiger partial charge on any atom is -0.466 e. The van der Waals surface area contributed by atoms with E-state index in [1.807, 2.05) is 22.6 Å². The molecule has 23 heavy (non-hydrogen) atoms. The molecule has 0 aromatic heterocycles. The highest BCUT2D eigenvalue weighted by Gasteiger charge is 2.34. The van der Waals surface area contributed by atoms with Gasteiger partial charge >= 0.3 is 11.9 Å². The summed E-state index contributed by atoms with van der Waals surface area (Å²) < 4.78 is 29.8. The second-order valence-electron chi connectivity index (χ2n) is 4.79. The average molecular weight is 435 g/mol. The first-order chi connectivity index (χ1) is 10.9. The van der Waals surface area contributed by atoms with Gasteiger partial charge in [-0.3, -0.25) is 0 Å². The first-order valence-corrected chi connectivity index (χ1v) is 7.69. The van der Waals surface area contributed by atoms with E-state index in [9.17, 15) is 14.0 Å². The quantitative estimate of drug-likeness (QED) is 0.536. The van der Waals surface area contributed by atoms with Gasteiger partial charge in [-0.1, -0.05) is 0 Å². The van der Waals surface area contributed by atoms with Gasteiger partial charge < -0.3 is 19.1 Å². The van der Waals surface area contributed by atoms with E-state index in [0.29, 0.717) is 3.57 Å². The lowest BCUT2D eigenvalue weighted by molar-refractivity contribution is -0.140. The van der Waals surface area contributed by atoms with Crippen molar-refractivity contribution >= 4 is 40.2 Å². The fraction of sp³-hybridized carbons (Fsp3) is 0.333. The van der Waals surface area contributed by atoms with E-state index in [4.69, 9.17) is 9.47 Å². The van der Waals surface area contributed by atoms with Crippen LogP contribution < -0.4 is 4.90 Å². The minimum absolute atomic E-state index is 0.0126. The maximum atomic E-state index is 14.5. The molecule has 1 aromatic rings. The van der Waals surface area contributed by atoms with Crippen LogP contribution in [0.5, 0.6) is 0 Å². The molecule has 0 radical (unpaired) electrons. The molecule has 1 aromatic carbocycles. The summed E-state index contributed by atoms with van der Waals surface area (Å²) in [4.78, 5) is 25.4. The summed E-state index contributed by atoms with van der Waals surface area (Å²) in [5.74, 6) is -2.01. The Labute approximate surface area is 146 Å². The third-order valence-electron chi connectivity index (χ3n) is 3.26. The predicted octanol–water partition coefficient (Wildman–Crippen LogP) is 2.13. The van der Waals surface area contributed by atoms with Gasteiger partial charge in [0.05, 0.1) is 32.1 Å². The highest BCUT2D eigenvalue weighted by molar-refractivity contribution is 14.1. The molecule has 0 aliphatic carbocycles. The summed E-state index contributed by atoms with van der Waals surface area (Å²) in [5, 5.41) is 0. The number of benzene rings is 1. The van der Waals surface area contributed by atoms with Crippen LogP contribution in [0.1, 0.15) is 5.56 Å². The van der Waals surface area contributed by atoms with Crippen molar-refractivity contribution in [3.8, 4) is 0 Å². The maximum Gasteiger partial charge on any atom is 0.355 e. The first kappa shape index (κ1) is 17.7. The number of nitrogens with zero attached hydrogens (tertiary/aromatic N) is 1. The monoisotopic (exact) mass is 435 g/mol. The van der Waals surface area contributed by atoms with E-state index >= 15 is 0 Å². The maximum absolute atomic E-state index is 14.5. The van der Waals surface area contributed by atoms with E-state index in [-0.39, 0.29) is 30.3 Å². The van der Waals surface area contributed by atoms with Gasteiger partial charge in [-0.25, -0.2) is 14.0 Å². The highest BCUT2D eigenvalue weighted by atomic mass is 127. The zero-order chi connectivity index (χ0) is 17.1. The molecule has 8 heteroatoms. The van der Waals surface area contributed by atoms with Gasteiger partial charge in [-0.2, -0.15) is 0 Å². The number of carbonyl (C=O) groups is 2. The van der Waals surface area contributed by atoms with E-state index in [2.05, 4.69) is 4.74 Å². The molecule has 1 aliphatic rings. The number of hydrogen-bond donors (Lipinski definition) is 0. The van der Waals surface area contributed by atoms with Crippen molar-refractivity contribution in [2.24, 2.45) is 0 Å². The Morgan fingerprint density at radius 1 is 1.26 bits per heavy atom. The zero-order valence-electron chi connectivity index (χ0n) is 12.8. The van der Waals surface area contributed by atoms with Crippen LogP contribution in [0.25, 0.3) is 0 Å². The summed E-state index contributed by atoms with van der Waals surface area (Å²) in [6, 6.07) is 3.11. The van der Waals surface area contributed by atoms with Crippen molar-refractivity contribution in [2.45, 2.75) is 6.92 Å². The molecule has 0 N–H and O–H groups in total. The van der Waals surface area contributed by atoms with E-state index in [1.54, 1.807) is 13.0 Å². The van der Waals surface area contributed by atoms with Crippen molar-refractivity contribution in [2.75, 3.05) is 32.5 Å². The summed E-state index contributed by atoms with van der Waals surface area (Å²) in [7, 11) is 2.38. The van der Waals surface area contributed by atoms with Crippen LogP contribution in [-0.4, -0.2) is 39.5 Å². The molecule has 0 atom stereocenters. The number of hydrogen-bond acceptors (Lipinski definition) is 6. The molecule has 6 nitrogen and oxygen atoms in total. The summed E-state index contributed by atoms with van der Waals surface area (Å²) in [6.45, 7) is 1.57. The van der Waals surface area contributed by atoms with Crippen LogP contribution in [0.2, 0.25) is 0 Å². The number of rotatable bonds is 3. The van der Waals surface area contributed by atoms with Crippen LogP contribution in [0.4, 0.5) is 10.1 Å². The van der Waals surface area contributed by atoms with Gasteiger partial charge in [-0.05, 0) is 47.2 Å². The van der Waals surface area contributed by atoms with E-state index < -0.39 is 17.8 Å². The van der Waals surface area contributed by atoms with Gasteiger partial charge in [0.1, 0.15) is 18.2 Å². The number of methoxy groups -OCH3 is 2. The molecule has 0 bridgehead atoms. The Kier molecular flexibility index (Phi) is 5.58. The van der Waals surface area contributed by atoms with Gasteiger partial charge in [0, 0.05) is 3.57 Å². The number of halogens is 2. The van der Waals surface area contributed by atoms with Crippen molar-refractivity contribution in [1.82, 2.24) is 0 Å². The lowest BCUT2D eigenvalue weighted by Gasteiger charge is -2.32. The molecule has 1 heterocycles. The van der Waals surface area contributed by atoms with Crippen molar-refractivity contribution < 1.29 is 28.2 Å². The molecule has 0 saturated carbocycles. The lowest BCUT2D eigenvalue weighted by atomic mass is 10.1. The van der Waals surface area contributed by atoms with Gasteiger partial charge in [0.15, 0.2) is 0 Å². The Bertz CT molecular complexity index is 665. The Balaban J connectivity index is 2.65. The molecule has 2 rings (SSSR count). The normalized spacial score (nSPS) is 14.7. The summed E-state index contributed by atoms with van der Waals surface area (Å²) in [6.07, 6.45) is 0. The minimum atomic E-state index is -0.760. The molecule has 0 fully saturated rings. The molecular formula is C15H15FINO5. The molecule has 0 saturated heterocycles. The van der Waals surface area contributed by atoms with Crippen LogP contribution in [0, 0.1) is 16.3 Å².